The Morgan fingerprint density at radius 2 is 2.09 bits per heavy atom. The molecule has 1 atom stereocenters. The number of nitrogens with zero attached hydrogens (tertiary/aromatic N) is 5. The van der Waals surface area contributed by atoms with E-state index in [2.05, 4.69) is 36.6 Å². The lowest BCUT2D eigenvalue weighted by Gasteiger charge is -2.40. The standard InChI is InChI=1S/C23H26N8O2/c1-14(2)28-22(32)16-5-4-6-18(9-16)29-23(33)31-8-7-30(12-15(31)3)21-19-17(10-24)11-25-20(19)26-13-27-21/h4-6,9,11,13-15H,7-8,12H2,1-3H3,(H,28,32)(H,29,33)(H,25,26,27). The van der Waals surface area contributed by atoms with Crippen molar-refractivity contribution >= 4 is 34.5 Å². The van der Waals surface area contributed by atoms with Crippen LogP contribution in [-0.4, -0.2) is 63.5 Å². The van der Waals surface area contributed by atoms with E-state index in [0.717, 1.165) is 0 Å². The Hall–Kier alpha value is -4.13. The number of piperazine rings is 1. The van der Waals surface area contributed by atoms with Gasteiger partial charge in [-0.25, -0.2) is 14.8 Å². The number of hydrogen-bond donors (Lipinski definition) is 3. The van der Waals surface area contributed by atoms with Crippen LogP contribution in [0.1, 0.15) is 36.7 Å². The van der Waals surface area contributed by atoms with E-state index in [1.54, 1.807) is 35.4 Å². The van der Waals surface area contributed by atoms with Gasteiger partial charge in [0.15, 0.2) is 0 Å². The largest absolute Gasteiger partial charge is 0.352 e. The van der Waals surface area contributed by atoms with Crippen LogP contribution >= 0.6 is 0 Å². The maximum absolute atomic E-state index is 13.0. The van der Waals surface area contributed by atoms with Gasteiger partial charge in [0.1, 0.15) is 23.9 Å². The second kappa shape index (κ2) is 9.16. The van der Waals surface area contributed by atoms with E-state index in [-0.39, 0.29) is 24.0 Å². The van der Waals surface area contributed by atoms with Crippen LogP contribution in [0.15, 0.2) is 36.8 Å². The maximum atomic E-state index is 13.0. The van der Waals surface area contributed by atoms with E-state index in [1.807, 2.05) is 20.8 Å². The van der Waals surface area contributed by atoms with Crippen LogP contribution < -0.4 is 15.5 Å². The van der Waals surface area contributed by atoms with Crippen LogP contribution in [0.2, 0.25) is 0 Å². The third-order valence-electron chi connectivity index (χ3n) is 5.55. The van der Waals surface area contributed by atoms with Gasteiger partial charge in [0.2, 0.25) is 0 Å². The van der Waals surface area contributed by atoms with Crippen molar-refractivity contribution < 1.29 is 9.59 Å². The number of fused-ring (bicyclic) bond motifs is 1. The van der Waals surface area contributed by atoms with Gasteiger partial charge >= 0.3 is 6.03 Å². The second-order valence-corrected chi connectivity index (χ2v) is 8.36. The summed E-state index contributed by atoms with van der Waals surface area (Å²) in [6.45, 7) is 7.38. The number of benzene rings is 1. The highest BCUT2D eigenvalue weighted by Gasteiger charge is 2.29. The first-order chi connectivity index (χ1) is 15.9. The average molecular weight is 447 g/mol. The van der Waals surface area contributed by atoms with Gasteiger partial charge in [-0.3, -0.25) is 4.79 Å². The van der Waals surface area contributed by atoms with Crippen LogP contribution in [0.3, 0.4) is 0 Å². The smallest absolute Gasteiger partial charge is 0.322 e. The van der Waals surface area contributed by atoms with Crippen molar-refractivity contribution in [2.24, 2.45) is 0 Å². The Kier molecular flexibility index (Phi) is 6.13. The van der Waals surface area contributed by atoms with E-state index in [4.69, 9.17) is 0 Å². The molecule has 0 saturated carbocycles. The number of urea groups is 1. The summed E-state index contributed by atoms with van der Waals surface area (Å²) in [4.78, 5) is 40.7. The van der Waals surface area contributed by atoms with Crippen molar-refractivity contribution in [1.29, 1.82) is 5.26 Å². The van der Waals surface area contributed by atoms with Gasteiger partial charge in [-0.2, -0.15) is 5.26 Å². The van der Waals surface area contributed by atoms with Crippen LogP contribution in [0, 0.1) is 11.3 Å². The molecule has 3 amide bonds. The Morgan fingerprint density at radius 1 is 1.27 bits per heavy atom. The second-order valence-electron chi connectivity index (χ2n) is 8.36. The monoisotopic (exact) mass is 446 g/mol. The molecule has 1 fully saturated rings. The molecule has 1 saturated heterocycles. The van der Waals surface area contributed by atoms with Crippen molar-refractivity contribution in [3.8, 4) is 6.07 Å². The SMILES string of the molecule is CC(C)NC(=O)c1cccc(NC(=O)N2CCN(c3ncnc4[nH]cc(C#N)c34)CC2C)c1. The molecule has 0 bridgehead atoms. The van der Waals surface area contributed by atoms with E-state index in [9.17, 15) is 14.9 Å². The van der Waals surface area contributed by atoms with Gasteiger partial charge in [0.05, 0.1) is 10.9 Å². The third-order valence-corrected chi connectivity index (χ3v) is 5.55. The molecular weight excluding hydrogens is 420 g/mol. The molecule has 3 heterocycles. The van der Waals surface area contributed by atoms with Crippen LogP contribution in [-0.2, 0) is 0 Å². The number of hydrogen-bond acceptors (Lipinski definition) is 6. The lowest BCUT2D eigenvalue weighted by molar-refractivity contribution is 0.0943. The van der Waals surface area contributed by atoms with Gasteiger partial charge in [-0.1, -0.05) is 6.07 Å². The molecule has 33 heavy (non-hydrogen) atoms. The molecule has 1 aromatic carbocycles. The summed E-state index contributed by atoms with van der Waals surface area (Å²) in [6.07, 6.45) is 3.10. The highest BCUT2D eigenvalue weighted by atomic mass is 16.2. The van der Waals surface area contributed by atoms with Crippen molar-refractivity contribution in [2.75, 3.05) is 29.9 Å². The Labute approximate surface area is 191 Å². The van der Waals surface area contributed by atoms with Gasteiger partial charge in [-0.15, -0.1) is 0 Å². The predicted molar refractivity (Wildman–Crippen MR) is 125 cm³/mol. The number of rotatable bonds is 4. The van der Waals surface area contributed by atoms with Gasteiger partial charge in [-0.05, 0) is 39.0 Å². The minimum absolute atomic E-state index is 0.0273. The number of aromatic amines is 1. The molecular formula is C23H26N8O2. The quantitative estimate of drug-likeness (QED) is 0.565. The summed E-state index contributed by atoms with van der Waals surface area (Å²) >= 11 is 0. The zero-order chi connectivity index (χ0) is 23.5. The molecule has 2 aromatic heterocycles. The predicted octanol–water partition coefficient (Wildman–Crippen LogP) is 2.71. The first-order valence-electron chi connectivity index (χ1n) is 10.8. The fourth-order valence-corrected chi connectivity index (χ4v) is 4.01. The van der Waals surface area contributed by atoms with E-state index < -0.39 is 0 Å². The normalized spacial score (nSPS) is 16.0. The number of anilines is 2. The fraction of sp³-hybridized carbons (Fsp3) is 0.348. The highest BCUT2D eigenvalue weighted by molar-refractivity contribution is 5.97. The van der Waals surface area contributed by atoms with Crippen molar-refractivity contribution in [2.45, 2.75) is 32.9 Å². The molecule has 1 aliphatic heterocycles. The lowest BCUT2D eigenvalue weighted by atomic mass is 10.1. The van der Waals surface area contributed by atoms with Crippen molar-refractivity contribution in [3.05, 3.63) is 47.9 Å². The zero-order valence-corrected chi connectivity index (χ0v) is 18.8. The highest BCUT2D eigenvalue weighted by Crippen LogP contribution is 2.28. The van der Waals surface area contributed by atoms with E-state index in [0.29, 0.717) is 53.3 Å². The molecule has 0 radical (unpaired) electrons. The van der Waals surface area contributed by atoms with Gasteiger partial charge < -0.3 is 25.4 Å². The molecule has 4 rings (SSSR count). The number of H-pyrrole nitrogens is 1. The Balaban J connectivity index is 1.45. The summed E-state index contributed by atoms with van der Waals surface area (Å²) in [7, 11) is 0. The molecule has 10 heteroatoms. The summed E-state index contributed by atoms with van der Waals surface area (Å²) in [5, 5.41) is 15.9. The summed E-state index contributed by atoms with van der Waals surface area (Å²) < 4.78 is 0. The Bertz CT molecular complexity index is 1230. The van der Waals surface area contributed by atoms with Crippen molar-refractivity contribution in [1.82, 2.24) is 25.2 Å². The number of carbonyl (C=O) groups is 2. The molecule has 1 unspecified atom stereocenters. The molecule has 1 aliphatic rings. The number of nitriles is 1. The maximum Gasteiger partial charge on any atom is 0.322 e. The fourth-order valence-electron chi connectivity index (χ4n) is 4.01. The Morgan fingerprint density at radius 3 is 2.82 bits per heavy atom. The topological polar surface area (TPSA) is 130 Å². The minimum atomic E-state index is -0.226. The van der Waals surface area contributed by atoms with E-state index in [1.165, 1.54) is 6.33 Å². The molecule has 10 nitrogen and oxygen atoms in total. The number of amides is 3. The summed E-state index contributed by atoms with van der Waals surface area (Å²) in [6, 6.07) is 8.78. The summed E-state index contributed by atoms with van der Waals surface area (Å²) in [5.74, 6) is 0.509. The zero-order valence-electron chi connectivity index (χ0n) is 18.8. The number of aromatic nitrogens is 3. The van der Waals surface area contributed by atoms with Gasteiger partial charge in [0.25, 0.3) is 5.91 Å². The van der Waals surface area contributed by atoms with Crippen molar-refractivity contribution in [3.63, 3.8) is 0 Å². The first kappa shape index (κ1) is 22.1. The van der Waals surface area contributed by atoms with Gasteiger partial charge in [0, 0.05) is 49.2 Å². The third kappa shape index (κ3) is 4.57. The number of carbonyl (C=O) groups excluding carboxylic acids is 2. The van der Waals surface area contributed by atoms with Crippen LogP contribution in [0.5, 0.6) is 0 Å². The van der Waals surface area contributed by atoms with Crippen LogP contribution in [0.4, 0.5) is 16.3 Å². The molecule has 3 aromatic rings. The molecule has 170 valence electrons. The minimum Gasteiger partial charge on any atom is -0.352 e. The molecule has 0 aliphatic carbocycles. The molecule has 0 spiro atoms. The van der Waals surface area contributed by atoms with E-state index >= 15 is 0 Å². The molecule has 3 N–H and O–H groups in total. The summed E-state index contributed by atoms with van der Waals surface area (Å²) in [5.41, 5.74) is 2.17. The van der Waals surface area contributed by atoms with Crippen LogP contribution in [0.25, 0.3) is 11.0 Å². The first-order valence-corrected chi connectivity index (χ1v) is 10.8. The lowest BCUT2D eigenvalue weighted by Crippen LogP contribution is -2.55. The average Bonchev–Trinajstić information content (AvgIpc) is 3.22. The number of nitrogens with one attached hydrogen (secondary N) is 3.